The number of carbonyl (C=O) groups is 1. The Bertz CT molecular complexity index is 214. The van der Waals surface area contributed by atoms with E-state index in [0.717, 1.165) is 32.1 Å². The molecule has 3 N–H and O–H groups in total. The van der Waals surface area contributed by atoms with Gasteiger partial charge in [0.25, 0.3) is 0 Å². The fourth-order valence-electron chi connectivity index (χ4n) is 1.69. The molecule has 0 unspecified atom stereocenters. The van der Waals surface area contributed by atoms with Crippen LogP contribution in [0.2, 0.25) is 0 Å². The minimum absolute atomic E-state index is 0.209. The van der Waals surface area contributed by atoms with Crippen molar-refractivity contribution in [3.05, 3.63) is 12.2 Å². The van der Waals surface area contributed by atoms with E-state index >= 15 is 0 Å². The maximum atomic E-state index is 10.5. The van der Waals surface area contributed by atoms with Crippen LogP contribution in [0.3, 0.4) is 0 Å². The molecular weight excluding hydrogens is 214 g/mol. The summed E-state index contributed by atoms with van der Waals surface area (Å²) >= 11 is 0. The minimum Gasteiger partial charge on any atom is -0.393 e. The third kappa shape index (κ3) is 13.1. The molecule has 0 radical (unpaired) electrons. The van der Waals surface area contributed by atoms with Crippen molar-refractivity contribution in [2.45, 2.75) is 70.8 Å². The summed E-state index contributed by atoms with van der Waals surface area (Å²) in [5, 5.41) is 9.67. The van der Waals surface area contributed by atoms with E-state index in [0.29, 0.717) is 6.42 Å². The molecule has 100 valence electrons. The first-order valence-electron chi connectivity index (χ1n) is 6.78. The van der Waals surface area contributed by atoms with Crippen LogP contribution in [0.5, 0.6) is 0 Å². The summed E-state index contributed by atoms with van der Waals surface area (Å²) in [5.41, 5.74) is 5.03. The summed E-state index contributed by atoms with van der Waals surface area (Å²) in [6.07, 6.45) is 12.4. The molecule has 0 saturated carbocycles. The van der Waals surface area contributed by atoms with Gasteiger partial charge in [0, 0.05) is 6.42 Å². The number of unbranched alkanes of at least 4 members (excludes halogenated alkanes) is 4. The first-order chi connectivity index (χ1) is 8.16. The second kappa shape index (κ2) is 11.6. The Kier molecular flexibility index (Phi) is 11.1. The van der Waals surface area contributed by atoms with Crippen molar-refractivity contribution in [3.63, 3.8) is 0 Å². The van der Waals surface area contributed by atoms with Crippen molar-refractivity contribution < 1.29 is 9.90 Å². The van der Waals surface area contributed by atoms with Gasteiger partial charge in [0.1, 0.15) is 0 Å². The Hall–Kier alpha value is -0.830. The van der Waals surface area contributed by atoms with Crippen molar-refractivity contribution in [2.75, 3.05) is 0 Å². The lowest BCUT2D eigenvalue weighted by atomic mass is 10.1. The molecule has 0 fully saturated rings. The number of nitrogens with two attached hydrogens (primary N) is 1. The van der Waals surface area contributed by atoms with E-state index in [1.165, 1.54) is 19.3 Å². The average molecular weight is 241 g/mol. The van der Waals surface area contributed by atoms with E-state index in [4.69, 9.17) is 5.73 Å². The summed E-state index contributed by atoms with van der Waals surface area (Å²) in [6.45, 7) is 2.19. The maximum absolute atomic E-state index is 10.5. The predicted octanol–water partition coefficient (Wildman–Crippen LogP) is 2.92. The molecule has 0 aliphatic carbocycles. The molecule has 0 aromatic rings. The summed E-state index contributed by atoms with van der Waals surface area (Å²) in [6, 6.07) is 0. The summed E-state index contributed by atoms with van der Waals surface area (Å²) < 4.78 is 0. The van der Waals surface area contributed by atoms with E-state index in [1.54, 1.807) is 0 Å². The lowest BCUT2D eigenvalue weighted by Crippen LogP contribution is -2.09. The minimum atomic E-state index is -0.241. The standard InChI is InChI=1S/C14H27NO2/c1-2-3-4-7-10-13(16)11-8-5-6-9-12-14(15)17/h5,8,13,16H,2-4,6-7,9-12H2,1H3,(H2,15,17)/b8-5+/t13-/m1/s1. The van der Waals surface area contributed by atoms with Crippen LogP contribution in [0.1, 0.15) is 64.7 Å². The van der Waals surface area contributed by atoms with Crippen LogP contribution in [0.25, 0.3) is 0 Å². The summed E-state index contributed by atoms with van der Waals surface area (Å²) in [4.78, 5) is 10.5. The molecule has 0 aromatic carbocycles. The zero-order chi connectivity index (χ0) is 12.9. The fourth-order valence-corrected chi connectivity index (χ4v) is 1.69. The van der Waals surface area contributed by atoms with Crippen LogP contribution in [-0.2, 0) is 4.79 Å². The monoisotopic (exact) mass is 241 g/mol. The van der Waals surface area contributed by atoms with Gasteiger partial charge in [0.2, 0.25) is 5.91 Å². The Labute approximate surface area is 105 Å². The van der Waals surface area contributed by atoms with Gasteiger partial charge in [-0.25, -0.2) is 0 Å². The number of aliphatic hydroxyl groups excluding tert-OH is 1. The van der Waals surface area contributed by atoms with Gasteiger partial charge in [-0.3, -0.25) is 4.79 Å². The summed E-state index contributed by atoms with van der Waals surface area (Å²) in [7, 11) is 0. The molecular formula is C14H27NO2. The number of primary amides is 1. The van der Waals surface area contributed by atoms with Gasteiger partial charge in [-0.2, -0.15) is 0 Å². The van der Waals surface area contributed by atoms with Crippen LogP contribution in [0.15, 0.2) is 12.2 Å². The quantitative estimate of drug-likeness (QED) is 0.431. The van der Waals surface area contributed by atoms with Crippen LogP contribution < -0.4 is 5.73 Å². The van der Waals surface area contributed by atoms with E-state index in [9.17, 15) is 9.90 Å². The Morgan fingerprint density at radius 1 is 1.24 bits per heavy atom. The largest absolute Gasteiger partial charge is 0.393 e. The fraction of sp³-hybridized carbons (Fsp3) is 0.786. The number of hydrogen-bond donors (Lipinski definition) is 2. The van der Waals surface area contributed by atoms with Gasteiger partial charge in [0.05, 0.1) is 6.10 Å². The van der Waals surface area contributed by atoms with Gasteiger partial charge in [-0.15, -0.1) is 0 Å². The third-order valence-corrected chi connectivity index (χ3v) is 2.76. The first kappa shape index (κ1) is 16.2. The molecule has 0 bridgehead atoms. The number of hydrogen-bond acceptors (Lipinski definition) is 2. The van der Waals surface area contributed by atoms with E-state index in [-0.39, 0.29) is 12.0 Å². The van der Waals surface area contributed by atoms with Crippen LogP contribution in [-0.4, -0.2) is 17.1 Å². The van der Waals surface area contributed by atoms with Crippen molar-refractivity contribution >= 4 is 5.91 Å². The number of allylic oxidation sites excluding steroid dienone is 1. The SMILES string of the molecule is CCCCCC[C@@H](O)C/C=C/CCCC(N)=O. The highest BCUT2D eigenvalue weighted by atomic mass is 16.3. The van der Waals surface area contributed by atoms with Gasteiger partial charge in [0.15, 0.2) is 0 Å². The van der Waals surface area contributed by atoms with Crippen LogP contribution >= 0.6 is 0 Å². The maximum Gasteiger partial charge on any atom is 0.217 e. The molecule has 0 aliphatic rings. The molecule has 0 spiro atoms. The van der Waals surface area contributed by atoms with Crippen molar-refractivity contribution in [1.29, 1.82) is 0 Å². The molecule has 0 heterocycles. The second-order valence-electron chi connectivity index (χ2n) is 4.57. The lowest BCUT2D eigenvalue weighted by molar-refractivity contribution is -0.118. The highest BCUT2D eigenvalue weighted by Gasteiger charge is 2.00. The molecule has 3 nitrogen and oxygen atoms in total. The van der Waals surface area contributed by atoms with Crippen molar-refractivity contribution in [1.82, 2.24) is 0 Å². The molecule has 0 rings (SSSR count). The van der Waals surface area contributed by atoms with Crippen molar-refractivity contribution in [2.24, 2.45) is 5.73 Å². The normalized spacial score (nSPS) is 13.1. The van der Waals surface area contributed by atoms with Gasteiger partial charge < -0.3 is 10.8 Å². The molecule has 17 heavy (non-hydrogen) atoms. The van der Waals surface area contributed by atoms with Gasteiger partial charge >= 0.3 is 0 Å². The predicted molar refractivity (Wildman–Crippen MR) is 71.6 cm³/mol. The van der Waals surface area contributed by atoms with Gasteiger partial charge in [-0.1, -0.05) is 44.8 Å². The zero-order valence-electron chi connectivity index (χ0n) is 11.0. The highest BCUT2D eigenvalue weighted by Crippen LogP contribution is 2.08. The number of rotatable bonds is 11. The molecule has 1 atom stereocenters. The Balaban J connectivity index is 3.33. The molecule has 0 aliphatic heterocycles. The van der Waals surface area contributed by atoms with Gasteiger partial charge in [-0.05, 0) is 25.7 Å². The first-order valence-corrected chi connectivity index (χ1v) is 6.78. The zero-order valence-corrected chi connectivity index (χ0v) is 11.0. The van der Waals surface area contributed by atoms with E-state index in [2.05, 4.69) is 6.92 Å². The smallest absolute Gasteiger partial charge is 0.217 e. The molecule has 0 saturated heterocycles. The number of carbonyl (C=O) groups excluding carboxylic acids is 1. The molecule has 1 amide bonds. The van der Waals surface area contributed by atoms with E-state index < -0.39 is 0 Å². The Morgan fingerprint density at radius 3 is 2.65 bits per heavy atom. The number of aliphatic hydroxyl groups is 1. The Morgan fingerprint density at radius 2 is 2.00 bits per heavy atom. The second-order valence-corrected chi connectivity index (χ2v) is 4.57. The van der Waals surface area contributed by atoms with Crippen molar-refractivity contribution in [3.8, 4) is 0 Å². The van der Waals surface area contributed by atoms with E-state index in [1.807, 2.05) is 12.2 Å². The van der Waals surface area contributed by atoms with Crippen LogP contribution in [0, 0.1) is 0 Å². The lowest BCUT2D eigenvalue weighted by Gasteiger charge is -2.06. The topological polar surface area (TPSA) is 63.3 Å². The molecule has 0 aromatic heterocycles. The third-order valence-electron chi connectivity index (χ3n) is 2.76. The van der Waals surface area contributed by atoms with Crippen LogP contribution in [0.4, 0.5) is 0 Å². The highest BCUT2D eigenvalue weighted by molar-refractivity contribution is 5.73. The average Bonchev–Trinajstić information content (AvgIpc) is 2.29. The molecule has 3 heteroatoms. The summed E-state index contributed by atoms with van der Waals surface area (Å²) in [5.74, 6) is -0.241. The number of amides is 1.